The van der Waals surface area contributed by atoms with Crippen LogP contribution < -0.4 is 5.32 Å². The Hall–Kier alpha value is -0.900. The fourth-order valence-corrected chi connectivity index (χ4v) is 2.22. The zero-order valence-corrected chi connectivity index (χ0v) is 9.93. The third kappa shape index (κ3) is 2.78. The van der Waals surface area contributed by atoms with Gasteiger partial charge in [-0.3, -0.25) is 4.79 Å². The van der Waals surface area contributed by atoms with Gasteiger partial charge in [-0.2, -0.15) is 0 Å². The van der Waals surface area contributed by atoms with Gasteiger partial charge in [-0.15, -0.1) is 11.3 Å². The number of rotatable bonds is 4. The molecule has 1 aromatic heterocycles. The Morgan fingerprint density at radius 3 is 2.93 bits per heavy atom. The summed E-state index contributed by atoms with van der Waals surface area (Å²) in [4.78, 5) is 15.9. The predicted molar refractivity (Wildman–Crippen MR) is 60.8 cm³/mol. The minimum atomic E-state index is 0.191. The van der Waals surface area contributed by atoms with Crippen LogP contribution in [0.25, 0.3) is 0 Å². The van der Waals surface area contributed by atoms with Crippen molar-refractivity contribution in [3.63, 3.8) is 0 Å². The van der Waals surface area contributed by atoms with E-state index in [0.29, 0.717) is 12.5 Å². The highest BCUT2D eigenvalue weighted by Crippen LogP contribution is 2.28. The topological polar surface area (TPSA) is 42.0 Å². The SMILES string of the molecule is CC(C)c1csc(CNC(=O)C2CC2)n1. The van der Waals surface area contributed by atoms with Crippen LogP contribution in [0.1, 0.15) is 43.3 Å². The average molecular weight is 224 g/mol. The van der Waals surface area contributed by atoms with Gasteiger partial charge in [-0.1, -0.05) is 13.8 Å². The lowest BCUT2D eigenvalue weighted by atomic mass is 10.2. The highest BCUT2D eigenvalue weighted by molar-refractivity contribution is 7.09. The van der Waals surface area contributed by atoms with E-state index in [2.05, 4.69) is 29.5 Å². The molecule has 0 saturated heterocycles. The molecule has 0 spiro atoms. The lowest BCUT2D eigenvalue weighted by Crippen LogP contribution is -2.24. The molecule has 1 amide bonds. The van der Waals surface area contributed by atoms with Crippen molar-refractivity contribution in [3.05, 3.63) is 16.1 Å². The molecule has 0 bridgehead atoms. The normalized spacial score (nSPS) is 15.7. The smallest absolute Gasteiger partial charge is 0.223 e. The van der Waals surface area contributed by atoms with Gasteiger partial charge in [0, 0.05) is 11.3 Å². The molecule has 15 heavy (non-hydrogen) atoms. The Bertz CT molecular complexity index is 355. The van der Waals surface area contributed by atoms with Crippen LogP contribution in [0.4, 0.5) is 0 Å². The Balaban J connectivity index is 1.84. The molecule has 4 heteroatoms. The molecule has 0 radical (unpaired) electrons. The predicted octanol–water partition coefficient (Wildman–Crippen LogP) is 2.29. The van der Waals surface area contributed by atoms with Crippen molar-refractivity contribution in [2.24, 2.45) is 5.92 Å². The van der Waals surface area contributed by atoms with Gasteiger partial charge >= 0.3 is 0 Å². The summed E-state index contributed by atoms with van der Waals surface area (Å²) in [6.45, 7) is 4.84. The lowest BCUT2D eigenvalue weighted by molar-refractivity contribution is -0.122. The van der Waals surface area contributed by atoms with Crippen LogP contribution in [-0.4, -0.2) is 10.9 Å². The molecule has 2 rings (SSSR count). The van der Waals surface area contributed by atoms with Crippen LogP contribution in [0.3, 0.4) is 0 Å². The van der Waals surface area contributed by atoms with Gasteiger partial charge in [-0.25, -0.2) is 4.98 Å². The van der Waals surface area contributed by atoms with Crippen LogP contribution in [0.2, 0.25) is 0 Å². The van der Waals surface area contributed by atoms with Crippen molar-refractivity contribution in [3.8, 4) is 0 Å². The van der Waals surface area contributed by atoms with Crippen LogP contribution in [0, 0.1) is 5.92 Å². The van der Waals surface area contributed by atoms with E-state index in [9.17, 15) is 4.79 Å². The molecule has 0 aromatic carbocycles. The largest absolute Gasteiger partial charge is 0.349 e. The van der Waals surface area contributed by atoms with Gasteiger partial charge in [-0.05, 0) is 18.8 Å². The van der Waals surface area contributed by atoms with Crippen molar-refractivity contribution in [1.82, 2.24) is 10.3 Å². The number of carbonyl (C=O) groups excluding carboxylic acids is 1. The highest BCUT2D eigenvalue weighted by Gasteiger charge is 2.29. The maximum absolute atomic E-state index is 11.4. The van der Waals surface area contributed by atoms with Crippen molar-refractivity contribution in [2.75, 3.05) is 0 Å². The second kappa shape index (κ2) is 4.31. The fourth-order valence-electron chi connectivity index (χ4n) is 1.32. The molecular formula is C11H16N2OS. The lowest BCUT2D eigenvalue weighted by Gasteiger charge is -2.01. The van der Waals surface area contributed by atoms with Crippen molar-refractivity contribution >= 4 is 17.2 Å². The first-order valence-corrected chi connectivity index (χ1v) is 6.27. The number of hydrogen-bond donors (Lipinski definition) is 1. The zero-order chi connectivity index (χ0) is 10.8. The molecule has 82 valence electrons. The molecule has 1 heterocycles. The second-order valence-electron chi connectivity index (χ2n) is 4.31. The Morgan fingerprint density at radius 1 is 1.67 bits per heavy atom. The maximum Gasteiger partial charge on any atom is 0.223 e. The summed E-state index contributed by atoms with van der Waals surface area (Å²) in [5, 5.41) is 6.00. The van der Waals surface area contributed by atoms with Gasteiger partial charge in [0.1, 0.15) is 5.01 Å². The first-order valence-electron chi connectivity index (χ1n) is 5.39. The highest BCUT2D eigenvalue weighted by atomic mass is 32.1. The zero-order valence-electron chi connectivity index (χ0n) is 9.12. The van der Waals surface area contributed by atoms with Gasteiger partial charge in [0.2, 0.25) is 5.91 Å². The number of thiazole rings is 1. The van der Waals surface area contributed by atoms with E-state index >= 15 is 0 Å². The number of hydrogen-bond acceptors (Lipinski definition) is 3. The van der Waals surface area contributed by atoms with E-state index in [4.69, 9.17) is 0 Å². The van der Waals surface area contributed by atoms with Crippen LogP contribution in [0.5, 0.6) is 0 Å². The first kappa shape index (κ1) is 10.6. The van der Waals surface area contributed by atoms with Gasteiger partial charge in [0.15, 0.2) is 0 Å². The standard InChI is InChI=1S/C11H16N2OS/c1-7(2)9-6-15-10(13-9)5-12-11(14)8-3-4-8/h6-8H,3-5H2,1-2H3,(H,12,14). The third-order valence-electron chi connectivity index (χ3n) is 2.52. The fraction of sp³-hybridized carbons (Fsp3) is 0.636. The number of carbonyl (C=O) groups is 1. The molecule has 1 aliphatic rings. The van der Waals surface area contributed by atoms with Crippen molar-refractivity contribution in [1.29, 1.82) is 0 Å². The molecule has 1 fully saturated rings. The molecule has 1 aromatic rings. The molecule has 0 atom stereocenters. The minimum Gasteiger partial charge on any atom is -0.349 e. The average Bonchev–Trinajstić information content (AvgIpc) is 2.93. The number of aromatic nitrogens is 1. The quantitative estimate of drug-likeness (QED) is 0.852. The molecule has 0 aliphatic heterocycles. The summed E-state index contributed by atoms with van der Waals surface area (Å²) in [5.74, 6) is 0.944. The van der Waals surface area contributed by atoms with Crippen LogP contribution in [-0.2, 0) is 11.3 Å². The van der Waals surface area contributed by atoms with Crippen molar-refractivity contribution < 1.29 is 4.79 Å². The summed E-state index contributed by atoms with van der Waals surface area (Å²) >= 11 is 1.63. The number of nitrogens with zero attached hydrogens (tertiary/aromatic N) is 1. The minimum absolute atomic E-state index is 0.191. The Kier molecular flexibility index (Phi) is 3.05. The molecule has 1 aliphatic carbocycles. The van der Waals surface area contributed by atoms with E-state index < -0.39 is 0 Å². The number of nitrogens with one attached hydrogen (secondary N) is 1. The summed E-state index contributed by atoms with van der Waals surface area (Å²) in [7, 11) is 0. The van der Waals surface area contributed by atoms with Crippen LogP contribution >= 0.6 is 11.3 Å². The number of amides is 1. The Morgan fingerprint density at radius 2 is 2.40 bits per heavy atom. The third-order valence-corrected chi connectivity index (χ3v) is 3.39. The molecule has 0 unspecified atom stereocenters. The van der Waals surface area contributed by atoms with E-state index in [0.717, 1.165) is 23.5 Å². The van der Waals surface area contributed by atoms with E-state index in [1.165, 1.54) is 0 Å². The van der Waals surface area contributed by atoms with E-state index in [1.54, 1.807) is 11.3 Å². The molecular weight excluding hydrogens is 208 g/mol. The van der Waals surface area contributed by atoms with E-state index in [1.807, 2.05) is 0 Å². The van der Waals surface area contributed by atoms with Crippen LogP contribution in [0.15, 0.2) is 5.38 Å². The monoisotopic (exact) mass is 224 g/mol. The molecule has 3 nitrogen and oxygen atoms in total. The summed E-state index contributed by atoms with van der Waals surface area (Å²) in [5.41, 5.74) is 1.12. The van der Waals surface area contributed by atoms with Gasteiger partial charge in [0.25, 0.3) is 0 Å². The van der Waals surface area contributed by atoms with E-state index in [-0.39, 0.29) is 11.8 Å². The maximum atomic E-state index is 11.4. The summed E-state index contributed by atoms with van der Waals surface area (Å²) in [6, 6.07) is 0. The molecule has 1 N–H and O–H groups in total. The second-order valence-corrected chi connectivity index (χ2v) is 5.26. The Labute approximate surface area is 93.9 Å². The summed E-state index contributed by atoms with van der Waals surface area (Å²) in [6.07, 6.45) is 2.11. The molecule has 1 saturated carbocycles. The van der Waals surface area contributed by atoms with Gasteiger partial charge < -0.3 is 5.32 Å². The van der Waals surface area contributed by atoms with Gasteiger partial charge in [0.05, 0.1) is 12.2 Å². The first-order chi connectivity index (χ1) is 7.16. The van der Waals surface area contributed by atoms with Crippen molar-refractivity contribution in [2.45, 2.75) is 39.2 Å². The summed E-state index contributed by atoms with van der Waals surface area (Å²) < 4.78 is 0.